The summed E-state index contributed by atoms with van der Waals surface area (Å²) in [6.07, 6.45) is 3.04. The Hall–Kier alpha value is -3.63. The first-order valence-electron chi connectivity index (χ1n) is 11.1. The zero-order valence-electron chi connectivity index (χ0n) is 18.3. The smallest absolute Gasteiger partial charge is 0.269 e. The molecule has 0 radical (unpaired) electrons. The summed E-state index contributed by atoms with van der Waals surface area (Å²) in [6.45, 7) is 0. The lowest BCUT2D eigenvalue weighted by atomic mass is 9.69. The van der Waals surface area contributed by atoms with Crippen molar-refractivity contribution in [1.29, 1.82) is 0 Å². The number of nitrogens with zero attached hydrogens (tertiary/aromatic N) is 3. The number of pyridine rings is 1. The van der Waals surface area contributed by atoms with Gasteiger partial charge in [-0.2, -0.15) is 0 Å². The molecule has 2 fully saturated rings. The van der Waals surface area contributed by atoms with E-state index >= 15 is 0 Å². The fraction of sp³-hybridized carbons (Fsp3) is 0.240. The van der Waals surface area contributed by atoms with Crippen LogP contribution in [0.15, 0.2) is 67.0 Å². The molecule has 2 saturated heterocycles. The topological polar surface area (TPSA) is 105 Å². The Kier molecular flexibility index (Phi) is 4.97. The van der Waals surface area contributed by atoms with Crippen LogP contribution in [-0.2, 0) is 10.3 Å². The molecule has 0 saturated carbocycles. The molecule has 1 amide bonds. The van der Waals surface area contributed by atoms with Crippen molar-refractivity contribution in [2.75, 3.05) is 16.9 Å². The van der Waals surface area contributed by atoms with E-state index in [4.69, 9.17) is 0 Å². The number of carbonyl (C=O) groups is 2. The number of fused-ring (bicyclic) bond motifs is 4. The van der Waals surface area contributed by atoms with Crippen molar-refractivity contribution >= 4 is 34.8 Å². The Morgan fingerprint density at radius 2 is 2.03 bits per heavy atom. The molecule has 1 aromatic heterocycles. The number of carbonyl (C=O) groups excluding carboxylic acids is 2. The van der Waals surface area contributed by atoms with Crippen molar-refractivity contribution in [2.24, 2.45) is 5.92 Å². The molecule has 8 nitrogen and oxygen atoms in total. The highest BCUT2D eigenvalue weighted by Gasteiger charge is 2.69. The van der Waals surface area contributed by atoms with Crippen LogP contribution in [0.1, 0.15) is 27.4 Å². The molecule has 6 rings (SSSR count). The van der Waals surface area contributed by atoms with Gasteiger partial charge in [-0.1, -0.05) is 12.1 Å². The number of halogens is 1. The number of hydrogen-bond donors (Lipinski definition) is 1. The maximum absolute atomic E-state index is 14.5. The first-order valence-corrected chi connectivity index (χ1v) is 12.2. The summed E-state index contributed by atoms with van der Waals surface area (Å²) in [4.78, 5) is 44.9. The van der Waals surface area contributed by atoms with Gasteiger partial charge in [0, 0.05) is 64.9 Å². The number of ketones is 1. The van der Waals surface area contributed by atoms with E-state index in [2.05, 4.69) is 10.3 Å². The number of nitrogens with one attached hydrogen (secondary N) is 1. The summed E-state index contributed by atoms with van der Waals surface area (Å²) in [5.41, 5.74) is 0.549. The highest BCUT2D eigenvalue weighted by atomic mass is 32.2. The standard InChI is InChI=1S/C25H19FN4O4S/c26-16-5-8-19-18(10-16)25(24(32)28-19)22(23(31)15-2-1-9-27-11-15)21(20-12-35-13-29(20)25)14-3-6-17(7-4-14)30(33)34/h1-11,20-22H,12-13H2,(H,28,32)/t20-,21+,22-,25-/m1/s1. The molecular formula is C25H19FN4O4S. The lowest BCUT2D eigenvalue weighted by Gasteiger charge is -2.36. The van der Waals surface area contributed by atoms with Gasteiger partial charge in [0.2, 0.25) is 5.91 Å². The van der Waals surface area contributed by atoms with Crippen LogP contribution >= 0.6 is 11.8 Å². The van der Waals surface area contributed by atoms with Gasteiger partial charge < -0.3 is 5.32 Å². The van der Waals surface area contributed by atoms with E-state index in [0.717, 1.165) is 5.56 Å². The number of non-ortho nitro benzene ring substituents is 1. The lowest BCUT2D eigenvalue weighted by Crippen LogP contribution is -2.52. The fourth-order valence-corrected chi connectivity index (χ4v) is 7.25. The molecule has 4 heterocycles. The molecule has 3 aliphatic heterocycles. The number of rotatable bonds is 4. The number of aromatic nitrogens is 1. The normalized spacial score (nSPS) is 27.0. The van der Waals surface area contributed by atoms with Crippen LogP contribution in [-0.4, -0.2) is 44.2 Å². The molecule has 3 aromatic rings. The molecular weight excluding hydrogens is 471 g/mol. The number of benzene rings is 2. The molecule has 0 bridgehead atoms. The molecule has 35 heavy (non-hydrogen) atoms. The zero-order chi connectivity index (χ0) is 24.3. The van der Waals surface area contributed by atoms with E-state index in [1.165, 1.54) is 36.5 Å². The molecule has 4 atom stereocenters. The zero-order valence-corrected chi connectivity index (χ0v) is 19.1. The third kappa shape index (κ3) is 3.06. The number of hydrogen-bond acceptors (Lipinski definition) is 7. The van der Waals surface area contributed by atoms with Crippen LogP contribution in [0.3, 0.4) is 0 Å². The minimum atomic E-state index is -1.41. The summed E-state index contributed by atoms with van der Waals surface area (Å²) in [5, 5.41) is 14.1. The van der Waals surface area contributed by atoms with Crippen LogP contribution in [0.5, 0.6) is 0 Å². The first-order chi connectivity index (χ1) is 16.9. The summed E-state index contributed by atoms with van der Waals surface area (Å²) < 4.78 is 14.5. The third-order valence-corrected chi connectivity index (χ3v) is 8.34. The van der Waals surface area contributed by atoms with Gasteiger partial charge in [-0.25, -0.2) is 4.39 Å². The van der Waals surface area contributed by atoms with Crippen LogP contribution < -0.4 is 5.32 Å². The number of nitro benzene ring substituents is 1. The maximum Gasteiger partial charge on any atom is 0.269 e. The third-order valence-electron chi connectivity index (χ3n) is 7.30. The first kappa shape index (κ1) is 21.9. The van der Waals surface area contributed by atoms with Crippen LogP contribution in [0, 0.1) is 21.8 Å². The number of thioether (sulfide) groups is 1. The van der Waals surface area contributed by atoms with E-state index in [-0.39, 0.29) is 23.4 Å². The second-order valence-electron chi connectivity index (χ2n) is 8.91. The van der Waals surface area contributed by atoms with Crippen LogP contribution in [0.25, 0.3) is 0 Å². The Morgan fingerprint density at radius 1 is 1.23 bits per heavy atom. The quantitative estimate of drug-likeness (QED) is 0.335. The summed E-state index contributed by atoms with van der Waals surface area (Å²) in [5.74, 6) is -1.30. The Bertz CT molecular complexity index is 1370. The number of Topliss-reactive ketones (excluding diaryl/α,β-unsaturated/α-hetero) is 1. The molecule has 2 aromatic carbocycles. The number of amides is 1. The van der Waals surface area contributed by atoms with Crippen molar-refractivity contribution < 1.29 is 18.9 Å². The van der Waals surface area contributed by atoms with Crippen molar-refractivity contribution in [3.63, 3.8) is 0 Å². The minimum Gasteiger partial charge on any atom is -0.324 e. The van der Waals surface area contributed by atoms with E-state index < -0.39 is 28.1 Å². The monoisotopic (exact) mass is 490 g/mol. The highest BCUT2D eigenvalue weighted by molar-refractivity contribution is 7.99. The minimum absolute atomic E-state index is 0.0553. The van der Waals surface area contributed by atoms with E-state index in [1.807, 2.05) is 4.90 Å². The molecule has 3 aliphatic rings. The van der Waals surface area contributed by atoms with E-state index in [1.54, 1.807) is 42.2 Å². The van der Waals surface area contributed by atoms with Gasteiger partial charge in [0.05, 0.1) is 10.8 Å². The maximum atomic E-state index is 14.5. The SMILES string of the molecule is O=C(c1cccnc1)[C@H]1[C@@H](c2ccc([N+](=O)[O-])cc2)[C@H]2CSCN2[C@@]12C(=O)Nc1ccc(F)cc12. The Morgan fingerprint density at radius 3 is 2.74 bits per heavy atom. The van der Waals surface area contributed by atoms with Gasteiger partial charge in [-0.15, -0.1) is 11.8 Å². The predicted molar refractivity (Wildman–Crippen MR) is 128 cm³/mol. The number of nitro groups is 1. The van der Waals surface area contributed by atoms with E-state index in [0.29, 0.717) is 28.4 Å². The molecule has 0 unspecified atom stereocenters. The van der Waals surface area contributed by atoms with Gasteiger partial charge in [0.1, 0.15) is 11.4 Å². The van der Waals surface area contributed by atoms with Gasteiger partial charge in [0.15, 0.2) is 5.78 Å². The second-order valence-corrected chi connectivity index (χ2v) is 9.91. The van der Waals surface area contributed by atoms with Gasteiger partial charge in [0.25, 0.3) is 5.69 Å². The lowest BCUT2D eigenvalue weighted by molar-refractivity contribution is -0.384. The summed E-state index contributed by atoms with van der Waals surface area (Å²) in [6, 6.07) is 13.4. The van der Waals surface area contributed by atoms with Crippen molar-refractivity contribution in [3.8, 4) is 0 Å². The molecule has 1 N–H and O–H groups in total. The van der Waals surface area contributed by atoms with Crippen molar-refractivity contribution in [3.05, 3.63) is 99.6 Å². The predicted octanol–water partition coefficient (Wildman–Crippen LogP) is 3.95. The van der Waals surface area contributed by atoms with Gasteiger partial charge >= 0.3 is 0 Å². The van der Waals surface area contributed by atoms with E-state index in [9.17, 15) is 24.1 Å². The van der Waals surface area contributed by atoms with Crippen LogP contribution in [0.2, 0.25) is 0 Å². The summed E-state index contributed by atoms with van der Waals surface area (Å²) >= 11 is 1.64. The average molecular weight is 491 g/mol. The Labute approximate surface area is 203 Å². The molecule has 0 aliphatic carbocycles. The largest absolute Gasteiger partial charge is 0.324 e. The molecule has 1 spiro atoms. The molecule has 10 heteroatoms. The van der Waals surface area contributed by atoms with Gasteiger partial charge in [-0.05, 0) is 35.9 Å². The molecule has 176 valence electrons. The second kappa shape index (κ2) is 7.96. The van der Waals surface area contributed by atoms with Gasteiger partial charge in [-0.3, -0.25) is 29.6 Å². The Balaban J connectivity index is 1.60. The number of anilines is 1. The van der Waals surface area contributed by atoms with Crippen LogP contribution in [0.4, 0.5) is 15.8 Å². The van der Waals surface area contributed by atoms with Crippen molar-refractivity contribution in [2.45, 2.75) is 17.5 Å². The van der Waals surface area contributed by atoms with Crippen molar-refractivity contribution in [1.82, 2.24) is 9.88 Å². The highest BCUT2D eigenvalue weighted by Crippen LogP contribution is 2.61. The average Bonchev–Trinajstić information content (AvgIpc) is 3.53. The fourth-order valence-electron chi connectivity index (χ4n) is 5.93. The summed E-state index contributed by atoms with van der Waals surface area (Å²) in [7, 11) is 0.